The maximum Gasteiger partial charge on any atom is 0.277 e. The van der Waals surface area contributed by atoms with Crippen molar-refractivity contribution >= 4 is 23.3 Å². The molecule has 0 saturated heterocycles. The van der Waals surface area contributed by atoms with Crippen LogP contribution in [-0.2, 0) is 11.3 Å². The van der Waals surface area contributed by atoms with Crippen LogP contribution in [0.3, 0.4) is 0 Å². The van der Waals surface area contributed by atoms with Crippen LogP contribution >= 0.6 is 0 Å². The molecule has 3 rings (SSSR count). The molecule has 33 heavy (non-hydrogen) atoms. The lowest BCUT2D eigenvalue weighted by Crippen LogP contribution is -2.32. The number of carbonyl (C=O) groups excluding carboxylic acids is 2. The van der Waals surface area contributed by atoms with E-state index in [4.69, 9.17) is 15.2 Å². The number of nitrogens with zero attached hydrogens (tertiary/aromatic N) is 2. The van der Waals surface area contributed by atoms with Gasteiger partial charge in [-0.25, -0.2) is 4.63 Å². The molecule has 2 aromatic carbocycles. The molecular formula is C22H26N6O5. The van der Waals surface area contributed by atoms with Crippen LogP contribution in [0, 0.1) is 6.92 Å². The molecule has 2 amide bonds. The Morgan fingerprint density at radius 1 is 1.06 bits per heavy atom. The first-order valence-corrected chi connectivity index (χ1v) is 10.2. The van der Waals surface area contributed by atoms with Crippen molar-refractivity contribution in [3.63, 3.8) is 0 Å². The largest absolute Gasteiger partial charge is 0.493 e. The van der Waals surface area contributed by atoms with Crippen LogP contribution in [0.25, 0.3) is 0 Å². The fourth-order valence-corrected chi connectivity index (χ4v) is 2.85. The molecule has 1 aromatic heterocycles. The van der Waals surface area contributed by atoms with Crippen LogP contribution in [0.4, 0.5) is 11.5 Å². The van der Waals surface area contributed by atoms with Gasteiger partial charge in [0.05, 0.1) is 7.11 Å². The second kappa shape index (κ2) is 11.5. The molecule has 11 nitrogen and oxygen atoms in total. The van der Waals surface area contributed by atoms with Crippen LogP contribution in [0.1, 0.15) is 21.6 Å². The molecule has 0 atom stereocenters. The molecule has 0 aliphatic carbocycles. The van der Waals surface area contributed by atoms with E-state index in [1.807, 2.05) is 43.3 Å². The zero-order valence-corrected chi connectivity index (χ0v) is 18.4. The SMILES string of the molecule is COc1cc(CNCCNC(=O)c2nonc2N)ccc1OCC(=O)Nc1ccc(C)cc1. The van der Waals surface area contributed by atoms with Crippen LogP contribution in [0.15, 0.2) is 47.1 Å². The Bertz CT molecular complexity index is 1080. The first-order valence-electron chi connectivity index (χ1n) is 10.2. The molecule has 3 aromatic rings. The highest BCUT2D eigenvalue weighted by Gasteiger charge is 2.15. The Kier molecular flexibility index (Phi) is 8.19. The third-order valence-electron chi connectivity index (χ3n) is 4.57. The number of hydrogen-bond acceptors (Lipinski definition) is 9. The first-order chi connectivity index (χ1) is 16.0. The van der Waals surface area contributed by atoms with E-state index < -0.39 is 5.91 Å². The van der Waals surface area contributed by atoms with E-state index in [1.165, 1.54) is 7.11 Å². The zero-order valence-electron chi connectivity index (χ0n) is 18.4. The first kappa shape index (κ1) is 23.5. The van der Waals surface area contributed by atoms with Gasteiger partial charge in [0, 0.05) is 25.3 Å². The van der Waals surface area contributed by atoms with Crippen LogP contribution in [0.2, 0.25) is 0 Å². The van der Waals surface area contributed by atoms with Crippen molar-refractivity contribution < 1.29 is 23.7 Å². The number of aromatic nitrogens is 2. The van der Waals surface area contributed by atoms with Gasteiger partial charge in [-0.15, -0.1) is 0 Å². The molecular weight excluding hydrogens is 428 g/mol. The van der Waals surface area contributed by atoms with Gasteiger partial charge in [0.25, 0.3) is 11.8 Å². The molecule has 0 aliphatic rings. The van der Waals surface area contributed by atoms with E-state index >= 15 is 0 Å². The van der Waals surface area contributed by atoms with Crippen LogP contribution in [-0.4, -0.2) is 48.9 Å². The van der Waals surface area contributed by atoms with Gasteiger partial charge in [-0.3, -0.25) is 9.59 Å². The van der Waals surface area contributed by atoms with E-state index in [1.54, 1.807) is 6.07 Å². The molecule has 1 heterocycles. The number of methoxy groups -OCH3 is 1. The Labute approximate surface area is 190 Å². The topological polar surface area (TPSA) is 154 Å². The van der Waals surface area contributed by atoms with Crippen LogP contribution < -0.4 is 31.2 Å². The fraction of sp³-hybridized carbons (Fsp3) is 0.273. The third-order valence-corrected chi connectivity index (χ3v) is 4.57. The van der Waals surface area contributed by atoms with Gasteiger partial charge >= 0.3 is 0 Å². The number of ether oxygens (including phenoxy) is 2. The molecule has 0 unspecified atom stereocenters. The molecule has 0 fully saturated rings. The normalized spacial score (nSPS) is 10.5. The standard InChI is InChI=1S/C22H26N6O5/c1-14-3-6-16(7-4-14)26-19(29)13-32-17-8-5-15(11-18(17)31-2)12-24-9-10-25-22(30)20-21(23)28-33-27-20/h3-8,11,24H,9-10,12-13H2,1-2H3,(H2,23,28)(H,25,30)(H,26,29). The number of aryl methyl sites for hydroxylation is 1. The molecule has 0 radical (unpaired) electrons. The van der Waals surface area contributed by atoms with E-state index in [0.717, 1.165) is 11.1 Å². The highest BCUT2D eigenvalue weighted by atomic mass is 16.6. The smallest absolute Gasteiger partial charge is 0.277 e. The zero-order chi connectivity index (χ0) is 23.6. The fourth-order valence-electron chi connectivity index (χ4n) is 2.85. The van der Waals surface area contributed by atoms with Gasteiger partial charge < -0.3 is 31.2 Å². The Hall–Kier alpha value is -4.12. The second-order valence-corrected chi connectivity index (χ2v) is 7.12. The summed E-state index contributed by atoms with van der Waals surface area (Å²) in [6.45, 7) is 3.24. The lowest BCUT2D eigenvalue weighted by molar-refractivity contribution is -0.118. The maximum atomic E-state index is 12.1. The van der Waals surface area contributed by atoms with Gasteiger partial charge in [0.1, 0.15) is 0 Å². The summed E-state index contributed by atoms with van der Waals surface area (Å²) in [5, 5.41) is 15.5. The van der Waals surface area contributed by atoms with E-state index in [2.05, 4.69) is 30.9 Å². The van der Waals surface area contributed by atoms with Gasteiger partial charge in [0.15, 0.2) is 18.1 Å². The number of nitrogens with one attached hydrogen (secondary N) is 3. The summed E-state index contributed by atoms with van der Waals surface area (Å²) in [5.74, 6) is 0.204. The minimum absolute atomic E-state index is 0.0390. The van der Waals surface area contributed by atoms with Crippen molar-refractivity contribution in [3.05, 3.63) is 59.3 Å². The molecule has 174 valence electrons. The lowest BCUT2D eigenvalue weighted by Gasteiger charge is -2.13. The average molecular weight is 454 g/mol. The molecule has 0 bridgehead atoms. The molecule has 0 aliphatic heterocycles. The van der Waals surface area contributed by atoms with E-state index in [-0.39, 0.29) is 24.0 Å². The summed E-state index contributed by atoms with van der Waals surface area (Å²) in [5.41, 5.74) is 8.20. The van der Waals surface area contributed by atoms with E-state index in [0.29, 0.717) is 36.8 Å². The van der Waals surface area contributed by atoms with Crippen molar-refractivity contribution in [2.24, 2.45) is 0 Å². The summed E-state index contributed by atoms with van der Waals surface area (Å²) in [4.78, 5) is 24.0. The Balaban J connectivity index is 1.42. The van der Waals surface area contributed by atoms with E-state index in [9.17, 15) is 9.59 Å². The van der Waals surface area contributed by atoms with Crippen molar-refractivity contribution in [1.29, 1.82) is 0 Å². The number of hydrogen-bond donors (Lipinski definition) is 4. The highest BCUT2D eigenvalue weighted by molar-refractivity contribution is 5.96. The summed E-state index contributed by atoms with van der Waals surface area (Å²) in [6.07, 6.45) is 0. The second-order valence-electron chi connectivity index (χ2n) is 7.12. The molecule has 11 heteroatoms. The Morgan fingerprint density at radius 2 is 1.85 bits per heavy atom. The minimum Gasteiger partial charge on any atom is -0.493 e. The number of anilines is 2. The number of nitrogens with two attached hydrogens (primary N) is 1. The van der Waals surface area contributed by atoms with Gasteiger partial charge in [-0.2, -0.15) is 0 Å². The van der Waals surface area contributed by atoms with Gasteiger partial charge in [0.2, 0.25) is 11.5 Å². The number of amides is 2. The summed E-state index contributed by atoms with van der Waals surface area (Å²) >= 11 is 0. The van der Waals surface area contributed by atoms with Crippen molar-refractivity contribution in [3.8, 4) is 11.5 Å². The number of rotatable bonds is 11. The molecule has 0 spiro atoms. The third kappa shape index (κ3) is 6.94. The van der Waals surface area contributed by atoms with Gasteiger partial charge in [-0.05, 0) is 47.1 Å². The summed E-state index contributed by atoms with van der Waals surface area (Å²) < 4.78 is 15.4. The predicted octanol–water partition coefficient (Wildman–Crippen LogP) is 1.51. The monoisotopic (exact) mass is 454 g/mol. The minimum atomic E-state index is -0.454. The summed E-state index contributed by atoms with van der Waals surface area (Å²) in [7, 11) is 1.53. The van der Waals surface area contributed by atoms with Crippen molar-refractivity contribution in [2.75, 3.05) is 37.9 Å². The number of benzene rings is 2. The number of nitrogen functional groups attached to an aromatic ring is 1. The quantitative estimate of drug-likeness (QED) is 0.316. The van der Waals surface area contributed by atoms with Gasteiger partial charge in [-0.1, -0.05) is 23.8 Å². The van der Waals surface area contributed by atoms with Crippen molar-refractivity contribution in [2.45, 2.75) is 13.5 Å². The lowest BCUT2D eigenvalue weighted by atomic mass is 10.2. The summed E-state index contributed by atoms with van der Waals surface area (Å²) in [6, 6.07) is 12.9. The van der Waals surface area contributed by atoms with Crippen molar-refractivity contribution in [1.82, 2.24) is 20.9 Å². The molecule has 5 N–H and O–H groups in total. The molecule has 0 saturated carbocycles. The van der Waals surface area contributed by atoms with Crippen LogP contribution in [0.5, 0.6) is 11.5 Å². The maximum absolute atomic E-state index is 12.1. The number of carbonyl (C=O) groups is 2. The average Bonchev–Trinajstić information content (AvgIpc) is 3.25. The predicted molar refractivity (Wildman–Crippen MR) is 121 cm³/mol. The highest BCUT2D eigenvalue weighted by Crippen LogP contribution is 2.28. The Morgan fingerprint density at radius 3 is 2.55 bits per heavy atom.